The molecule has 0 spiro atoms. The van der Waals surface area contributed by atoms with Gasteiger partial charge in [-0.15, -0.1) is 0 Å². The molecule has 2 N–H and O–H groups in total. The summed E-state index contributed by atoms with van der Waals surface area (Å²) in [4.78, 5) is 9.16. The van der Waals surface area contributed by atoms with Crippen LogP contribution in [0, 0.1) is 6.92 Å². The zero-order valence-corrected chi connectivity index (χ0v) is 16.3. The van der Waals surface area contributed by atoms with Crippen molar-refractivity contribution in [1.29, 1.82) is 0 Å². The molecule has 0 atom stereocenters. The molecule has 2 aromatic carbocycles. The van der Waals surface area contributed by atoms with E-state index in [1.807, 2.05) is 37.3 Å². The molecule has 0 unspecified atom stereocenters. The number of benzene rings is 2. The number of hydrogen-bond acceptors (Lipinski definition) is 6. The molecule has 1 aliphatic heterocycles. The van der Waals surface area contributed by atoms with Crippen LogP contribution in [-0.2, 0) is 6.54 Å². The molecule has 0 fully saturated rings. The van der Waals surface area contributed by atoms with E-state index in [1.165, 1.54) is 5.56 Å². The average Bonchev–Trinajstić information content (AvgIpc) is 3.14. The topological polar surface area (TPSA) is 68.3 Å². The van der Waals surface area contributed by atoms with Gasteiger partial charge in [-0.25, -0.2) is 4.98 Å². The van der Waals surface area contributed by atoms with E-state index >= 15 is 0 Å². The number of aromatic nitrogens is 2. The summed E-state index contributed by atoms with van der Waals surface area (Å²) in [5.41, 5.74) is 4.26. The quantitative estimate of drug-likeness (QED) is 0.631. The normalized spacial score (nSPS) is 12.3. The van der Waals surface area contributed by atoms with Crippen LogP contribution in [0.1, 0.15) is 36.6 Å². The van der Waals surface area contributed by atoms with Crippen molar-refractivity contribution in [3.8, 4) is 11.5 Å². The van der Waals surface area contributed by atoms with Gasteiger partial charge in [-0.3, -0.25) is 0 Å². The number of nitrogens with zero attached hydrogens (tertiary/aromatic N) is 2. The van der Waals surface area contributed by atoms with E-state index in [-0.39, 0.29) is 6.79 Å². The number of aryl methyl sites for hydroxylation is 1. The van der Waals surface area contributed by atoms with E-state index in [4.69, 9.17) is 9.47 Å². The van der Waals surface area contributed by atoms with E-state index in [9.17, 15) is 0 Å². The monoisotopic (exact) mass is 376 g/mol. The van der Waals surface area contributed by atoms with Crippen LogP contribution in [0.15, 0.2) is 48.5 Å². The summed E-state index contributed by atoms with van der Waals surface area (Å²) in [5.74, 6) is 3.34. The SMILES string of the molecule is Cc1cc(NCc2ccc3c(c2)OCO3)nc(Nc2ccccc2C(C)C)n1. The molecule has 1 aromatic heterocycles. The molecule has 1 aliphatic rings. The van der Waals surface area contributed by atoms with Crippen molar-refractivity contribution in [2.45, 2.75) is 33.2 Å². The van der Waals surface area contributed by atoms with Gasteiger partial charge in [-0.05, 0) is 42.2 Å². The highest BCUT2D eigenvalue weighted by molar-refractivity contribution is 5.60. The second kappa shape index (κ2) is 7.76. The fourth-order valence-corrected chi connectivity index (χ4v) is 3.19. The van der Waals surface area contributed by atoms with E-state index in [0.717, 1.165) is 34.3 Å². The van der Waals surface area contributed by atoms with Crippen molar-refractivity contribution in [3.05, 3.63) is 65.4 Å². The molecule has 0 amide bonds. The molecule has 0 aliphatic carbocycles. The van der Waals surface area contributed by atoms with Gasteiger partial charge in [0, 0.05) is 24.0 Å². The summed E-state index contributed by atoms with van der Waals surface area (Å²) in [6.45, 7) is 7.23. The second-order valence-electron chi connectivity index (χ2n) is 7.13. The summed E-state index contributed by atoms with van der Waals surface area (Å²) in [7, 11) is 0. The van der Waals surface area contributed by atoms with Gasteiger partial charge in [-0.2, -0.15) is 4.98 Å². The highest BCUT2D eigenvalue weighted by Gasteiger charge is 2.13. The first-order valence-electron chi connectivity index (χ1n) is 9.42. The summed E-state index contributed by atoms with van der Waals surface area (Å²) >= 11 is 0. The third kappa shape index (κ3) is 4.01. The Morgan fingerprint density at radius 2 is 1.82 bits per heavy atom. The van der Waals surface area contributed by atoms with Gasteiger partial charge < -0.3 is 20.1 Å². The fraction of sp³-hybridized carbons (Fsp3) is 0.273. The van der Waals surface area contributed by atoms with Crippen LogP contribution in [0.25, 0.3) is 0 Å². The summed E-state index contributed by atoms with van der Waals surface area (Å²) in [6, 6.07) is 16.1. The molecule has 6 nitrogen and oxygen atoms in total. The lowest BCUT2D eigenvalue weighted by Gasteiger charge is -2.15. The van der Waals surface area contributed by atoms with Crippen molar-refractivity contribution in [2.75, 3.05) is 17.4 Å². The molecule has 2 heterocycles. The van der Waals surface area contributed by atoms with E-state index in [0.29, 0.717) is 18.4 Å². The molecule has 0 saturated heterocycles. The van der Waals surface area contributed by atoms with Crippen LogP contribution in [0.2, 0.25) is 0 Å². The largest absolute Gasteiger partial charge is 0.454 e. The number of rotatable bonds is 6. The number of nitrogens with one attached hydrogen (secondary N) is 2. The van der Waals surface area contributed by atoms with Gasteiger partial charge in [0.25, 0.3) is 0 Å². The maximum absolute atomic E-state index is 5.44. The number of ether oxygens (including phenoxy) is 2. The minimum atomic E-state index is 0.282. The highest BCUT2D eigenvalue weighted by atomic mass is 16.7. The van der Waals surface area contributed by atoms with Crippen LogP contribution >= 0.6 is 0 Å². The van der Waals surface area contributed by atoms with Crippen LogP contribution in [0.3, 0.4) is 0 Å². The predicted molar refractivity (Wildman–Crippen MR) is 110 cm³/mol. The van der Waals surface area contributed by atoms with Crippen LogP contribution in [0.4, 0.5) is 17.5 Å². The number of fused-ring (bicyclic) bond motifs is 1. The minimum Gasteiger partial charge on any atom is -0.454 e. The minimum absolute atomic E-state index is 0.282. The first kappa shape index (κ1) is 18.1. The summed E-state index contributed by atoms with van der Waals surface area (Å²) < 4.78 is 10.8. The third-order valence-electron chi connectivity index (χ3n) is 4.59. The van der Waals surface area contributed by atoms with Gasteiger partial charge >= 0.3 is 0 Å². The Morgan fingerprint density at radius 3 is 2.68 bits per heavy atom. The van der Waals surface area contributed by atoms with E-state index < -0.39 is 0 Å². The average molecular weight is 376 g/mol. The van der Waals surface area contributed by atoms with E-state index in [2.05, 4.69) is 52.6 Å². The van der Waals surface area contributed by atoms with Crippen LogP contribution < -0.4 is 20.1 Å². The number of anilines is 3. The molecule has 0 saturated carbocycles. The van der Waals surface area contributed by atoms with Gasteiger partial charge in [0.2, 0.25) is 12.7 Å². The Labute approximate surface area is 164 Å². The fourth-order valence-electron chi connectivity index (χ4n) is 3.19. The Kier molecular flexibility index (Phi) is 5.02. The molecular formula is C22H24N4O2. The Hall–Kier alpha value is -3.28. The first-order chi connectivity index (χ1) is 13.6. The molecule has 0 radical (unpaired) electrons. The van der Waals surface area contributed by atoms with Gasteiger partial charge in [-0.1, -0.05) is 38.1 Å². The lowest BCUT2D eigenvalue weighted by atomic mass is 10.0. The van der Waals surface area contributed by atoms with Crippen molar-refractivity contribution in [2.24, 2.45) is 0 Å². The van der Waals surface area contributed by atoms with Gasteiger partial charge in [0.15, 0.2) is 11.5 Å². The standard InChI is InChI=1S/C22H24N4O2/c1-14(2)17-6-4-5-7-18(17)25-22-24-15(3)10-21(26-22)23-12-16-8-9-19-20(11-16)28-13-27-19/h4-11,14H,12-13H2,1-3H3,(H2,23,24,25,26). The molecule has 28 heavy (non-hydrogen) atoms. The van der Waals surface area contributed by atoms with E-state index in [1.54, 1.807) is 0 Å². The van der Waals surface area contributed by atoms with Crippen molar-refractivity contribution < 1.29 is 9.47 Å². The van der Waals surface area contributed by atoms with Crippen molar-refractivity contribution in [3.63, 3.8) is 0 Å². The molecule has 3 aromatic rings. The molecule has 144 valence electrons. The molecule has 6 heteroatoms. The van der Waals surface area contributed by atoms with Crippen LogP contribution in [-0.4, -0.2) is 16.8 Å². The molecular weight excluding hydrogens is 352 g/mol. The molecule has 4 rings (SSSR count). The zero-order valence-electron chi connectivity index (χ0n) is 16.3. The third-order valence-corrected chi connectivity index (χ3v) is 4.59. The van der Waals surface area contributed by atoms with Gasteiger partial charge in [0.1, 0.15) is 5.82 Å². The Morgan fingerprint density at radius 1 is 1.00 bits per heavy atom. The van der Waals surface area contributed by atoms with Gasteiger partial charge in [0.05, 0.1) is 0 Å². The van der Waals surface area contributed by atoms with Crippen molar-refractivity contribution in [1.82, 2.24) is 9.97 Å². The lowest BCUT2D eigenvalue weighted by Crippen LogP contribution is -2.06. The van der Waals surface area contributed by atoms with Crippen LogP contribution in [0.5, 0.6) is 11.5 Å². The molecule has 0 bridgehead atoms. The second-order valence-corrected chi connectivity index (χ2v) is 7.13. The number of para-hydroxylation sites is 1. The maximum Gasteiger partial charge on any atom is 0.231 e. The number of hydrogen-bond donors (Lipinski definition) is 2. The highest BCUT2D eigenvalue weighted by Crippen LogP contribution is 2.32. The maximum atomic E-state index is 5.44. The first-order valence-corrected chi connectivity index (χ1v) is 9.42. The Balaban J connectivity index is 1.50. The van der Waals surface area contributed by atoms with Crippen molar-refractivity contribution >= 4 is 17.5 Å². The smallest absolute Gasteiger partial charge is 0.231 e. The zero-order chi connectivity index (χ0) is 19.5. The predicted octanol–water partition coefficient (Wildman–Crippen LogP) is 4.99. The lowest BCUT2D eigenvalue weighted by molar-refractivity contribution is 0.174. The summed E-state index contributed by atoms with van der Waals surface area (Å²) in [6.07, 6.45) is 0. The summed E-state index contributed by atoms with van der Waals surface area (Å²) in [5, 5.41) is 6.74. The Bertz CT molecular complexity index is 988.